The van der Waals surface area contributed by atoms with Crippen LogP contribution < -0.4 is 0 Å². The SMILES string of the molecule is Cc1nc2cc(-c3cn(C)nc3C(=O)O)ccc2s1. The highest BCUT2D eigenvalue weighted by molar-refractivity contribution is 7.18. The number of thiazole rings is 1. The van der Waals surface area contributed by atoms with Crippen LogP contribution in [0.15, 0.2) is 24.4 Å². The summed E-state index contributed by atoms with van der Waals surface area (Å²) in [5.41, 5.74) is 2.39. The molecule has 5 nitrogen and oxygen atoms in total. The van der Waals surface area contributed by atoms with Gasteiger partial charge in [0.1, 0.15) is 0 Å². The molecule has 0 unspecified atom stereocenters. The molecule has 3 rings (SSSR count). The maximum atomic E-state index is 11.2. The van der Waals surface area contributed by atoms with Crippen molar-refractivity contribution < 1.29 is 9.90 Å². The van der Waals surface area contributed by atoms with Gasteiger partial charge in [0.2, 0.25) is 0 Å². The quantitative estimate of drug-likeness (QED) is 0.779. The first kappa shape index (κ1) is 11.9. The number of fused-ring (bicyclic) bond motifs is 1. The van der Waals surface area contributed by atoms with Gasteiger partial charge >= 0.3 is 5.97 Å². The minimum absolute atomic E-state index is 0.0637. The van der Waals surface area contributed by atoms with Crippen LogP contribution in [-0.4, -0.2) is 25.8 Å². The zero-order valence-electron chi connectivity index (χ0n) is 10.4. The van der Waals surface area contributed by atoms with Gasteiger partial charge in [-0.15, -0.1) is 11.3 Å². The summed E-state index contributed by atoms with van der Waals surface area (Å²) < 4.78 is 2.61. The van der Waals surface area contributed by atoms with Crippen molar-refractivity contribution >= 4 is 27.5 Å². The van der Waals surface area contributed by atoms with Crippen molar-refractivity contribution in [3.63, 3.8) is 0 Å². The number of benzene rings is 1. The van der Waals surface area contributed by atoms with E-state index in [2.05, 4.69) is 10.1 Å². The number of aromatic carboxylic acids is 1. The molecule has 0 radical (unpaired) electrons. The van der Waals surface area contributed by atoms with Crippen LogP contribution >= 0.6 is 11.3 Å². The van der Waals surface area contributed by atoms with E-state index in [1.54, 1.807) is 24.6 Å². The Morgan fingerprint density at radius 2 is 2.21 bits per heavy atom. The molecule has 6 heteroatoms. The third-order valence-electron chi connectivity index (χ3n) is 2.84. The molecule has 0 aliphatic heterocycles. The number of hydrogen-bond acceptors (Lipinski definition) is 4. The van der Waals surface area contributed by atoms with Crippen LogP contribution in [-0.2, 0) is 7.05 Å². The van der Waals surface area contributed by atoms with E-state index < -0.39 is 5.97 Å². The molecule has 0 fully saturated rings. The fraction of sp³-hybridized carbons (Fsp3) is 0.154. The van der Waals surface area contributed by atoms with Gasteiger partial charge in [0.05, 0.1) is 15.2 Å². The Kier molecular flexibility index (Phi) is 2.60. The van der Waals surface area contributed by atoms with Crippen LogP contribution in [0.25, 0.3) is 21.3 Å². The molecule has 1 N–H and O–H groups in total. The van der Waals surface area contributed by atoms with E-state index in [4.69, 9.17) is 5.11 Å². The topological polar surface area (TPSA) is 68.0 Å². The molecule has 0 saturated heterocycles. The Hall–Kier alpha value is -2.21. The second-order valence-corrected chi connectivity index (χ2v) is 5.52. The van der Waals surface area contributed by atoms with Crippen molar-refractivity contribution in [2.24, 2.45) is 7.05 Å². The van der Waals surface area contributed by atoms with Crippen molar-refractivity contribution in [3.05, 3.63) is 35.1 Å². The summed E-state index contributed by atoms with van der Waals surface area (Å²) >= 11 is 1.62. The predicted molar refractivity (Wildman–Crippen MR) is 73.5 cm³/mol. The number of hydrogen-bond donors (Lipinski definition) is 1. The van der Waals surface area contributed by atoms with Gasteiger partial charge in [-0.2, -0.15) is 5.10 Å². The van der Waals surface area contributed by atoms with Crippen LogP contribution in [0.1, 0.15) is 15.5 Å². The molecule has 0 atom stereocenters. The zero-order valence-corrected chi connectivity index (χ0v) is 11.2. The van der Waals surface area contributed by atoms with Crippen LogP contribution in [0.3, 0.4) is 0 Å². The molecule has 19 heavy (non-hydrogen) atoms. The van der Waals surface area contributed by atoms with Crippen LogP contribution in [0.2, 0.25) is 0 Å². The highest BCUT2D eigenvalue weighted by Crippen LogP contribution is 2.29. The van der Waals surface area contributed by atoms with E-state index >= 15 is 0 Å². The lowest BCUT2D eigenvalue weighted by Crippen LogP contribution is -2.00. The summed E-state index contributed by atoms with van der Waals surface area (Å²) in [6, 6.07) is 5.78. The maximum absolute atomic E-state index is 11.2. The second kappa shape index (κ2) is 4.17. The summed E-state index contributed by atoms with van der Waals surface area (Å²) in [5.74, 6) is -1.02. The van der Waals surface area contributed by atoms with E-state index in [9.17, 15) is 4.79 Å². The molecule has 0 bridgehead atoms. The van der Waals surface area contributed by atoms with Crippen molar-refractivity contribution in [1.29, 1.82) is 0 Å². The van der Waals surface area contributed by atoms with Gasteiger partial charge < -0.3 is 5.11 Å². The number of carbonyl (C=O) groups is 1. The van der Waals surface area contributed by atoms with E-state index in [1.165, 1.54) is 4.68 Å². The van der Waals surface area contributed by atoms with E-state index in [1.807, 2.05) is 25.1 Å². The van der Waals surface area contributed by atoms with Crippen molar-refractivity contribution in [2.75, 3.05) is 0 Å². The molecule has 0 aliphatic rings. The summed E-state index contributed by atoms with van der Waals surface area (Å²) in [6.45, 7) is 1.96. The third kappa shape index (κ3) is 2.00. The fourth-order valence-corrected chi connectivity index (χ4v) is 2.88. The van der Waals surface area contributed by atoms with Crippen LogP contribution in [0.4, 0.5) is 0 Å². The number of nitrogens with zero attached hydrogens (tertiary/aromatic N) is 3. The number of rotatable bonds is 2. The molecule has 1 aromatic carbocycles. The first-order chi connectivity index (χ1) is 9.04. The fourth-order valence-electron chi connectivity index (χ4n) is 2.07. The number of carboxylic acid groups (broad SMARTS) is 1. The molecule has 2 aromatic heterocycles. The normalized spacial score (nSPS) is 11.1. The minimum atomic E-state index is -1.02. The Morgan fingerprint density at radius 3 is 2.95 bits per heavy atom. The van der Waals surface area contributed by atoms with E-state index in [0.29, 0.717) is 5.56 Å². The molecular formula is C13H11N3O2S. The molecule has 0 amide bonds. The standard InChI is InChI=1S/C13H11N3O2S/c1-7-14-10-5-8(3-4-11(10)19-7)9-6-16(2)15-12(9)13(17)18/h3-6H,1-2H3,(H,17,18). The van der Waals surface area contributed by atoms with Gasteiger partial charge in [-0.05, 0) is 24.6 Å². The number of aryl methyl sites for hydroxylation is 2. The first-order valence-electron chi connectivity index (χ1n) is 5.69. The average molecular weight is 273 g/mol. The Bertz CT molecular complexity index is 788. The number of carboxylic acids is 1. The van der Waals surface area contributed by atoms with E-state index in [0.717, 1.165) is 20.8 Å². The van der Waals surface area contributed by atoms with Crippen molar-refractivity contribution in [2.45, 2.75) is 6.92 Å². The smallest absolute Gasteiger partial charge is 0.357 e. The van der Waals surface area contributed by atoms with Crippen LogP contribution in [0, 0.1) is 6.92 Å². The van der Waals surface area contributed by atoms with Gasteiger partial charge in [0.25, 0.3) is 0 Å². The maximum Gasteiger partial charge on any atom is 0.357 e. The Morgan fingerprint density at radius 1 is 1.42 bits per heavy atom. The van der Waals surface area contributed by atoms with Crippen molar-refractivity contribution in [3.8, 4) is 11.1 Å². The van der Waals surface area contributed by atoms with Gasteiger partial charge in [-0.25, -0.2) is 9.78 Å². The largest absolute Gasteiger partial charge is 0.476 e. The van der Waals surface area contributed by atoms with Crippen LogP contribution in [0.5, 0.6) is 0 Å². The second-order valence-electron chi connectivity index (χ2n) is 4.29. The molecule has 3 aromatic rings. The molecule has 0 saturated carbocycles. The molecular weight excluding hydrogens is 262 g/mol. The average Bonchev–Trinajstić information content (AvgIpc) is 2.89. The molecule has 96 valence electrons. The molecule has 2 heterocycles. The highest BCUT2D eigenvalue weighted by Gasteiger charge is 2.16. The zero-order chi connectivity index (χ0) is 13.6. The molecule has 0 spiro atoms. The number of aromatic nitrogens is 3. The van der Waals surface area contributed by atoms with Gasteiger partial charge in [-0.3, -0.25) is 4.68 Å². The Balaban J connectivity index is 2.20. The monoisotopic (exact) mass is 273 g/mol. The Labute approximate surface area is 113 Å². The lowest BCUT2D eigenvalue weighted by atomic mass is 10.1. The molecule has 0 aliphatic carbocycles. The van der Waals surface area contributed by atoms with Gasteiger partial charge in [0, 0.05) is 18.8 Å². The van der Waals surface area contributed by atoms with Crippen molar-refractivity contribution in [1.82, 2.24) is 14.8 Å². The minimum Gasteiger partial charge on any atom is -0.476 e. The predicted octanol–water partition coefficient (Wildman–Crippen LogP) is 2.70. The lowest BCUT2D eigenvalue weighted by molar-refractivity contribution is 0.0690. The van der Waals surface area contributed by atoms with E-state index in [-0.39, 0.29) is 5.69 Å². The summed E-state index contributed by atoms with van der Waals surface area (Å²) in [7, 11) is 1.71. The summed E-state index contributed by atoms with van der Waals surface area (Å²) in [4.78, 5) is 15.6. The first-order valence-corrected chi connectivity index (χ1v) is 6.51. The van der Waals surface area contributed by atoms with Gasteiger partial charge in [-0.1, -0.05) is 6.07 Å². The third-order valence-corrected chi connectivity index (χ3v) is 3.79. The summed E-state index contributed by atoms with van der Waals surface area (Å²) in [6.07, 6.45) is 1.71. The van der Waals surface area contributed by atoms with Gasteiger partial charge in [0.15, 0.2) is 5.69 Å². The lowest BCUT2D eigenvalue weighted by Gasteiger charge is -1.98. The summed E-state index contributed by atoms with van der Waals surface area (Å²) in [5, 5.41) is 14.1. The highest BCUT2D eigenvalue weighted by atomic mass is 32.1.